The lowest BCUT2D eigenvalue weighted by molar-refractivity contribution is -0.116. The quantitative estimate of drug-likeness (QED) is 0.759. The SMILES string of the molecule is Cc1cc(NC(=O)CCC(C)(C)N)ccc1C(=O)O. The lowest BCUT2D eigenvalue weighted by Crippen LogP contribution is -2.33. The molecule has 0 radical (unpaired) electrons. The van der Waals surface area contributed by atoms with Crippen LogP contribution in [0.1, 0.15) is 42.6 Å². The van der Waals surface area contributed by atoms with Gasteiger partial charge >= 0.3 is 5.97 Å². The van der Waals surface area contributed by atoms with E-state index in [0.717, 1.165) is 0 Å². The predicted octanol–water partition coefficient (Wildman–Crippen LogP) is 2.15. The van der Waals surface area contributed by atoms with Crippen LogP contribution in [0.5, 0.6) is 0 Å². The van der Waals surface area contributed by atoms with Gasteiger partial charge in [-0.05, 0) is 51.0 Å². The van der Waals surface area contributed by atoms with Gasteiger partial charge < -0.3 is 16.2 Å². The molecule has 104 valence electrons. The van der Waals surface area contributed by atoms with E-state index >= 15 is 0 Å². The number of anilines is 1. The van der Waals surface area contributed by atoms with Crippen molar-refractivity contribution < 1.29 is 14.7 Å². The van der Waals surface area contributed by atoms with Gasteiger partial charge in [-0.2, -0.15) is 0 Å². The minimum Gasteiger partial charge on any atom is -0.478 e. The van der Waals surface area contributed by atoms with Crippen LogP contribution < -0.4 is 11.1 Å². The molecule has 4 N–H and O–H groups in total. The highest BCUT2D eigenvalue weighted by molar-refractivity contribution is 5.93. The van der Waals surface area contributed by atoms with Crippen molar-refractivity contribution in [1.29, 1.82) is 0 Å². The average molecular weight is 264 g/mol. The van der Waals surface area contributed by atoms with Crippen molar-refractivity contribution in [3.8, 4) is 0 Å². The van der Waals surface area contributed by atoms with E-state index in [2.05, 4.69) is 5.32 Å². The van der Waals surface area contributed by atoms with Crippen LogP contribution in [0.3, 0.4) is 0 Å². The molecular formula is C14H20N2O3. The Morgan fingerprint density at radius 2 is 2.00 bits per heavy atom. The Bertz CT molecular complexity index is 490. The summed E-state index contributed by atoms with van der Waals surface area (Å²) in [4.78, 5) is 22.6. The number of carboxylic acids is 1. The average Bonchev–Trinajstić information content (AvgIpc) is 2.25. The lowest BCUT2D eigenvalue weighted by atomic mass is 10.00. The minimum absolute atomic E-state index is 0.124. The molecule has 0 heterocycles. The Morgan fingerprint density at radius 1 is 1.37 bits per heavy atom. The molecule has 5 heteroatoms. The van der Waals surface area contributed by atoms with Crippen molar-refractivity contribution in [2.75, 3.05) is 5.32 Å². The molecule has 1 aromatic rings. The summed E-state index contributed by atoms with van der Waals surface area (Å²) in [5, 5.41) is 11.6. The number of nitrogens with one attached hydrogen (secondary N) is 1. The van der Waals surface area contributed by atoms with Gasteiger partial charge in [0.1, 0.15) is 0 Å². The molecule has 0 unspecified atom stereocenters. The fourth-order valence-electron chi connectivity index (χ4n) is 1.64. The zero-order valence-electron chi connectivity index (χ0n) is 11.5. The summed E-state index contributed by atoms with van der Waals surface area (Å²) >= 11 is 0. The molecule has 0 aliphatic heterocycles. The van der Waals surface area contributed by atoms with Crippen molar-refractivity contribution in [2.45, 2.75) is 39.2 Å². The summed E-state index contributed by atoms with van der Waals surface area (Å²) in [5.41, 5.74) is 6.89. The summed E-state index contributed by atoms with van der Waals surface area (Å²) in [6.45, 7) is 5.43. The van der Waals surface area contributed by atoms with Gasteiger partial charge in [-0.1, -0.05) is 0 Å². The smallest absolute Gasteiger partial charge is 0.335 e. The molecule has 1 amide bonds. The third-order valence-corrected chi connectivity index (χ3v) is 2.74. The number of rotatable bonds is 5. The number of aryl methyl sites for hydroxylation is 1. The maximum atomic E-state index is 11.7. The van der Waals surface area contributed by atoms with Crippen LogP contribution in [0, 0.1) is 6.92 Å². The number of hydrogen-bond acceptors (Lipinski definition) is 3. The number of carboxylic acid groups (broad SMARTS) is 1. The zero-order valence-corrected chi connectivity index (χ0v) is 11.5. The van der Waals surface area contributed by atoms with E-state index < -0.39 is 5.97 Å². The maximum Gasteiger partial charge on any atom is 0.335 e. The molecule has 0 atom stereocenters. The lowest BCUT2D eigenvalue weighted by Gasteiger charge is -2.17. The Hall–Kier alpha value is -1.88. The standard InChI is InChI=1S/C14H20N2O3/c1-9-8-10(4-5-11(9)13(18)19)16-12(17)6-7-14(2,3)15/h4-5,8H,6-7,15H2,1-3H3,(H,16,17)(H,18,19). The van der Waals surface area contributed by atoms with E-state index in [4.69, 9.17) is 10.8 Å². The molecule has 0 spiro atoms. The van der Waals surface area contributed by atoms with Gasteiger partial charge in [0.15, 0.2) is 0 Å². The summed E-state index contributed by atoms with van der Waals surface area (Å²) in [5.74, 6) is -1.10. The molecule has 0 saturated carbocycles. The van der Waals surface area contributed by atoms with Gasteiger partial charge in [0.25, 0.3) is 0 Å². The monoisotopic (exact) mass is 264 g/mol. The Kier molecular flexibility index (Phi) is 4.67. The molecule has 0 aliphatic carbocycles. The first-order valence-corrected chi connectivity index (χ1v) is 6.12. The largest absolute Gasteiger partial charge is 0.478 e. The molecule has 0 aromatic heterocycles. The molecule has 0 bridgehead atoms. The van der Waals surface area contributed by atoms with Crippen LogP contribution in [0.15, 0.2) is 18.2 Å². The topological polar surface area (TPSA) is 92.4 Å². The third kappa shape index (κ3) is 5.09. The van der Waals surface area contributed by atoms with Crippen molar-refractivity contribution in [2.24, 2.45) is 5.73 Å². The number of hydrogen-bond donors (Lipinski definition) is 3. The Labute approximate surface area is 112 Å². The van der Waals surface area contributed by atoms with Gasteiger partial charge in [-0.25, -0.2) is 4.79 Å². The number of aromatic carboxylic acids is 1. The fraction of sp³-hybridized carbons (Fsp3) is 0.429. The van der Waals surface area contributed by atoms with E-state index in [9.17, 15) is 9.59 Å². The van der Waals surface area contributed by atoms with Gasteiger partial charge in [0, 0.05) is 17.6 Å². The molecule has 1 rings (SSSR count). The highest BCUT2D eigenvalue weighted by Gasteiger charge is 2.14. The zero-order chi connectivity index (χ0) is 14.6. The Balaban J connectivity index is 2.65. The normalized spacial score (nSPS) is 11.2. The highest BCUT2D eigenvalue weighted by atomic mass is 16.4. The summed E-state index contributed by atoms with van der Waals surface area (Å²) in [6, 6.07) is 4.72. The Morgan fingerprint density at radius 3 is 2.47 bits per heavy atom. The van der Waals surface area contributed by atoms with Crippen LogP contribution in [-0.2, 0) is 4.79 Å². The number of benzene rings is 1. The molecule has 19 heavy (non-hydrogen) atoms. The minimum atomic E-state index is -0.972. The van der Waals surface area contributed by atoms with Crippen molar-refractivity contribution >= 4 is 17.6 Å². The first-order chi connectivity index (χ1) is 8.69. The van der Waals surface area contributed by atoms with Gasteiger partial charge in [-0.3, -0.25) is 4.79 Å². The van der Waals surface area contributed by atoms with Crippen LogP contribution in [0.2, 0.25) is 0 Å². The summed E-state index contributed by atoms with van der Waals surface area (Å²) < 4.78 is 0. The second-order valence-electron chi connectivity index (χ2n) is 5.37. The molecule has 5 nitrogen and oxygen atoms in total. The van der Waals surface area contributed by atoms with Crippen LogP contribution in [0.25, 0.3) is 0 Å². The van der Waals surface area contributed by atoms with Gasteiger partial charge in [0.2, 0.25) is 5.91 Å². The predicted molar refractivity (Wildman–Crippen MR) is 74.3 cm³/mol. The van der Waals surface area contributed by atoms with E-state index in [1.807, 2.05) is 13.8 Å². The van der Waals surface area contributed by atoms with Crippen molar-refractivity contribution in [3.63, 3.8) is 0 Å². The van der Waals surface area contributed by atoms with Crippen LogP contribution >= 0.6 is 0 Å². The molecular weight excluding hydrogens is 244 g/mol. The molecule has 0 aliphatic rings. The second-order valence-corrected chi connectivity index (χ2v) is 5.37. The van der Waals surface area contributed by atoms with E-state index in [-0.39, 0.29) is 17.0 Å². The highest BCUT2D eigenvalue weighted by Crippen LogP contribution is 2.16. The number of amides is 1. The van der Waals surface area contributed by atoms with E-state index in [1.165, 1.54) is 6.07 Å². The summed E-state index contributed by atoms with van der Waals surface area (Å²) in [6.07, 6.45) is 0.925. The van der Waals surface area contributed by atoms with E-state index in [0.29, 0.717) is 24.1 Å². The van der Waals surface area contributed by atoms with Crippen LogP contribution in [-0.4, -0.2) is 22.5 Å². The molecule has 1 aromatic carbocycles. The van der Waals surface area contributed by atoms with Crippen molar-refractivity contribution in [3.05, 3.63) is 29.3 Å². The number of carbonyl (C=O) groups excluding carboxylic acids is 1. The second kappa shape index (κ2) is 5.84. The van der Waals surface area contributed by atoms with Gasteiger partial charge in [-0.15, -0.1) is 0 Å². The molecule has 0 fully saturated rings. The van der Waals surface area contributed by atoms with Crippen molar-refractivity contribution in [1.82, 2.24) is 0 Å². The number of carbonyl (C=O) groups is 2. The summed E-state index contributed by atoms with van der Waals surface area (Å²) in [7, 11) is 0. The fourth-order valence-corrected chi connectivity index (χ4v) is 1.64. The maximum absolute atomic E-state index is 11.7. The van der Waals surface area contributed by atoms with E-state index in [1.54, 1.807) is 19.1 Å². The van der Waals surface area contributed by atoms with Gasteiger partial charge in [0.05, 0.1) is 5.56 Å². The number of nitrogens with two attached hydrogens (primary N) is 1. The first-order valence-electron chi connectivity index (χ1n) is 6.12. The third-order valence-electron chi connectivity index (χ3n) is 2.74. The first kappa shape index (κ1) is 15.2. The molecule has 0 saturated heterocycles. The van der Waals surface area contributed by atoms with Crippen LogP contribution in [0.4, 0.5) is 5.69 Å².